The molecule has 0 spiro atoms. The van der Waals surface area contributed by atoms with E-state index in [-0.39, 0.29) is 0 Å². The topological polar surface area (TPSA) is 110 Å². The fourth-order valence-electron chi connectivity index (χ4n) is 3.49. The second-order valence-corrected chi connectivity index (χ2v) is 10.6. The van der Waals surface area contributed by atoms with E-state index < -0.39 is 10.4 Å². The smallest absolute Gasteiger partial charge is 0.381 e. The lowest BCUT2D eigenvalue weighted by molar-refractivity contribution is 0.125. The van der Waals surface area contributed by atoms with Gasteiger partial charge in [-0.2, -0.15) is 8.42 Å². The fourth-order valence-corrected chi connectivity index (χ4v) is 3.49. The zero-order valence-corrected chi connectivity index (χ0v) is 24.1. The predicted octanol–water partition coefficient (Wildman–Crippen LogP) is 8.55. The molecule has 210 valence electrons. The standard InChI is InChI=1S/C24H50O.C3H9N.H2O4S/c1-3-5-7-9-11-13-15-17-19-21-23-25-24-22-20-18-16-14-12-10-8-6-4-2;1-3(2)4;1-5(2,3)4/h3-24H2,1-2H3;3H,4H2,1-2H3;(H2,1,2,3,4). The van der Waals surface area contributed by atoms with Gasteiger partial charge in [0.15, 0.2) is 0 Å². The molecule has 7 heteroatoms. The van der Waals surface area contributed by atoms with Gasteiger partial charge in [0, 0.05) is 13.2 Å². The van der Waals surface area contributed by atoms with Gasteiger partial charge in [0.25, 0.3) is 0 Å². The van der Waals surface area contributed by atoms with Gasteiger partial charge in [0.05, 0.1) is 0 Å². The summed E-state index contributed by atoms with van der Waals surface area (Å²) in [7, 11) is -4.67. The van der Waals surface area contributed by atoms with E-state index in [0.29, 0.717) is 6.04 Å². The van der Waals surface area contributed by atoms with Gasteiger partial charge in [-0.3, -0.25) is 9.11 Å². The molecular formula is C27H61NO5S. The summed E-state index contributed by atoms with van der Waals surface area (Å²) in [5, 5.41) is 0. The molecule has 34 heavy (non-hydrogen) atoms. The quantitative estimate of drug-likeness (QED) is 0.0991. The van der Waals surface area contributed by atoms with E-state index in [4.69, 9.17) is 28.0 Å². The first-order valence-electron chi connectivity index (χ1n) is 14.2. The van der Waals surface area contributed by atoms with Crippen LogP contribution in [-0.4, -0.2) is 36.8 Å². The van der Waals surface area contributed by atoms with Crippen LogP contribution in [0.3, 0.4) is 0 Å². The van der Waals surface area contributed by atoms with E-state index >= 15 is 0 Å². The molecule has 0 unspecified atom stereocenters. The van der Waals surface area contributed by atoms with Crippen molar-refractivity contribution >= 4 is 10.4 Å². The second-order valence-electron chi connectivity index (χ2n) is 9.67. The van der Waals surface area contributed by atoms with Crippen LogP contribution in [0.25, 0.3) is 0 Å². The van der Waals surface area contributed by atoms with E-state index in [0.717, 1.165) is 13.2 Å². The van der Waals surface area contributed by atoms with Crippen LogP contribution in [0, 0.1) is 0 Å². The van der Waals surface area contributed by atoms with Crippen molar-refractivity contribution in [2.75, 3.05) is 13.2 Å². The molecule has 0 aromatic rings. The van der Waals surface area contributed by atoms with E-state index in [9.17, 15) is 0 Å². The molecule has 0 aliphatic heterocycles. The molecule has 0 saturated carbocycles. The van der Waals surface area contributed by atoms with Gasteiger partial charge < -0.3 is 10.5 Å². The Kier molecular flexibility index (Phi) is 37.0. The summed E-state index contributed by atoms with van der Waals surface area (Å²) in [6.45, 7) is 10.5. The average Bonchev–Trinajstić information content (AvgIpc) is 2.73. The maximum atomic E-state index is 8.74. The maximum absolute atomic E-state index is 8.74. The van der Waals surface area contributed by atoms with Crippen molar-refractivity contribution < 1.29 is 22.3 Å². The van der Waals surface area contributed by atoms with Crippen LogP contribution < -0.4 is 5.73 Å². The molecule has 0 atom stereocenters. The lowest BCUT2D eigenvalue weighted by Crippen LogP contribution is -2.06. The van der Waals surface area contributed by atoms with E-state index in [1.165, 1.54) is 128 Å². The highest BCUT2D eigenvalue weighted by Crippen LogP contribution is 2.12. The van der Waals surface area contributed by atoms with Crippen molar-refractivity contribution in [2.24, 2.45) is 5.73 Å². The van der Waals surface area contributed by atoms with Crippen molar-refractivity contribution in [3.05, 3.63) is 0 Å². The monoisotopic (exact) mass is 511 g/mol. The second kappa shape index (κ2) is 32.8. The Labute approximate surface area is 213 Å². The number of ether oxygens (including phenoxy) is 1. The first-order chi connectivity index (χ1) is 16.1. The Morgan fingerprint density at radius 2 is 0.735 bits per heavy atom. The van der Waals surface area contributed by atoms with Gasteiger partial charge in [0.1, 0.15) is 0 Å². The highest BCUT2D eigenvalue weighted by atomic mass is 32.3. The average molecular weight is 512 g/mol. The van der Waals surface area contributed by atoms with Crippen molar-refractivity contribution in [3.63, 3.8) is 0 Å². The first kappa shape index (κ1) is 38.3. The van der Waals surface area contributed by atoms with Crippen molar-refractivity contribution in [1.82, 2.24) is 0 Å². The molecule has 0 bridgehead atoms. The fraction of sp³-hybridized carbons (Fsp3) is 1.00. The molecule has 0 aromatic carbocycles. The third kappa shape index (κ3) is 63.5. The molecule has 0 aliphatic carbocycles. The summed E-state index contributed by atoms with van der Waals surface area (Å²) in [5.41, 5.74) is 5.11. The summed E-state index contributed by atoms with van der Waals surface area (Å²) < 4.78 is 37.4. The van der Waals surface area contributed by atoms with E-state index in [2.05, 4.69) is 13.8 Å². The molecule has 0 aliphatic rings. The molecule has 0 heterocycles. The minimum atomic E-state index is -4.67. The molecule has 0 amide bonds. The van der Waals surface area contributed by atoms with Crippen LogP contribution in [0.15, 0.2) is 0 Å². The lowest BCUT2D eigenvalue weighted by Gasteiger charge is -2.05. The van der Waals surface area contributed by atoms with Crippen LogP contribution in [0.1, 0.15) is 156 Å². The SMILES string of the molecule is CC(C)N.CCCCCCCCCCCCOCCCCCCCCCCCC.O=S(=O)(O)O. The summed E-state index contributed by atoms with van der Waals surface area (Å²) in [6, 6.07) is 0.333. The highest BCUT2D eigenvalue weighted by Gasteiger charge is 1.95. The normalized spacial score (nSPS) is 11.1. The summed E-state index contributed by atoms with van der Waals surface area (Å²) in [4.78, 5) is 0. The third-order valence-electron chi connectivity index (χ3n) is 5.28. The number of hydrogen-bond donors (Lipinski definition) is 3. The Bertz CT molecular complexity index is 412. The zero-order chi connectivity index (χ0) is 26.3. The minimum absolute atomic E-state index is 0.333. The summed E-state index contributed by atoms with van der Waals surface area (Å²) >= 11 is 0. The van der Waals surface area contributed by atoms with Crippen LogP contribution in [0.2, 0.25) is 0 Å². The minimum Gasteiger partial charge on any atom is -0.381 e. The number of unbranched alkanes of at least 4 members (excludes halogenated alkanes) is 18. The predicted molar refractivity (Wildman–Crippen MR) is 148 cm³/mol. The van der Waals surface area contributed by atoms with Crippen molar-refractivity contribution in [1.29, 1.82) is 0 Å². The molecule has 4 N–H and O–H groups in total. The van der Waals surface area contributed by atoms with Crippen molar-refractivity contribution in [2.45, 2.75) is 162 Å². The van der Waals surface area contributed by atoms with Gasteiger partial charge in [-0.15, -0.1) is 0 Å². The van der Waals surface area contributed by atoms with E-state index in [1.807, 2.05) is 13.8 Å². The zero-order valence-electron chi connectivity index (χ0n) is 23.2. The molecule has 0 fully saturated rings. The molecule has 0 rings (SSSR count). The summed E-state index contributed by atoms with van der Waals surface area (Å²) in [5.74, 6) is 0. The van der Waals surface area contributed by atoms with Crippen LogP contribution in [-0.2, 0) is 15.1 Å². The largest absolute Gasteiger partial charge is 0.394 e. The molecule has 0 saturated heterocycles. The van der Waals surface area contributed by atoms with Crippen LogP contribution in [0.4, 0.5) is 0 Å². The Hall–Kier alpha value is -0.210. The van der Waals surface area contributed by atoms with Gasteiger partial charge in [-0.1, -0.05) is 143 Å². The molecule has 0 radical (unpaired) electrons. The summed E-state index contributed by atoms with van der Waals surface area (Å²) in [6.07, 6.45) is 28.2. The Morgan fingerprint density at radius 1 is 0.559 bits per heavy atom. The Morgan fingerprint density at radius 3 is 0.941 bits per heavy atom. The Balaban J connectivity index is -0.000000900. The number of hydrogen-bond acceptors (Lipinski definition) is 4. The van der Waals surface area contributed by atoms with Crippen LogP contribution >= 0.6 is 0 Å². The van der Waals surface area contributed by atoms with Gasteiger partial charge in [0.2, 0.25) is 0 Å². The van der Waals surface area contributed by atoms with Crippen LogP contribution in [0.5, 0.6) is 0 Å². The first-order valence-corrected chi connectivity index (χ1v) is 15.6. The van der Waals surface area contributed by atoms with Crippen molar-refractivity contribution in [3.8, 4) is 0 Å². The molecule has 0 aromatic heterocycles. The molecule has 6 nitrogen and oxygen atoms in total. The maximum Gasteiger partial charge on any atom is 0.394 e. The lowest BCUT2D eigenvalue weighted by atomic mass is 10.1. The third-order valence-corrected chi connectivity index (χ3v) is 5.28. The highest BCUT2D eigenvalue weighted by molar-refractivity contribution is 7.79. The van der Waals surface area contributed by atoms with E-state index in [1.54, 1.807) is 0 Å². The van der Waals surface area contributed by atoms with Gasteiger partial charge in [-0.25, -0.2) is 0 Å². The van der Waals surface area contributed by atoms with Gasteiger partial charge >= 0.3 is 10.4 Å². The number of rotatable bonds is 22. The van der Waals surface area contributed by atoms with Gasteiger partial charge in [-0.05, 0) is 18.9 Å². The number of nitrogens with two attached hydrogens (primary N) is 1. The molecular weight excluding hydrogens is 450 g/mol.